The van der Waals surface area contributed by atoms with E-state index in [2.05, 4.69) is 20.4 Å². The van der Waals surface area contributed by atoms with Crippen molar-refractivity contribution in [2.75, 3.05) is 13.1 Å². The molecule has 1 fully saturated rings. The number of alkyl carbamates (subject to hydrolysis) is 1. The van der Waals surface area contributed by atoms with Crippen LogP contribution < -0.4 is 10.9 Å². The van der Waals surface area contributed by atoms with Gasteiger partial charge in [0, 0.05) is 26.2 Å². The van der Waals surface area contributed by atoms with Gasteiger partial charge in [-0.15, -0.1) is 10.2 Å². The van der Waals surface area contributed by atoms with Crippen molar-refractivity contribution in [1.82, 2.24) is 29.4 Å². The molecule has 0 unspecified atom stereocenters. The summed E-state index contributed by atoms with van der Waals surface area (Å²) in [6.07, 6.45) is 1.32. The summed E-state index contributed by atoms with van der Waals surface area (Å²) in [5.74, 6) is 1.34. The van der Waals surface area contributed by atoms with Crippen molar-refractivity contribution in [2.45, 2.75) is 51.8 Å². The zero-order valence-corrected chi connectivity index (χ0v) is 17.9. The summed E-state index contributed by atoms with van der Waals surface area (Å²) >= 11 is 0. The molecular formula is C21H28N6O3. The van der Waals surface area contributed by atoms with E-state index in [0.717, 1.165) is 37.3 Å². The van der Waals surface area contributed by atoms with Crippen LogP contribution >= 0.6 is 0 Å². The quantitative estimate of drug-likeness (QED) is 0.708. The zero-order valence-electron chi connectivity index (χ0n) is 17.9. The van der Waals surface area contributed by atoms with E-state index in [0.29, 0.717) is 17.7 Å². The number of para-hydroxylation sites is 1. The lowest BCUT2D eigenvalue weighted by atomic mass is 10.1. The van der Waals surface area contributed by atoms with Gasteiger partial charge in [-0.3, -0.25) is 18.7 Å². The number of amides is 1. The van der Waals surface area contributed by atoms with Gasteiger partial charge in [-0.2, -0.15) is 0 Å². The lowest BCUT2D eigenvalue weighted by molar-refractivity contribution is 0.0477. The number of aryl methyl sites for hydroxylation is 1. The number of fused-ring (bicyclic) bond motifs is 3. The lowest BCUT2D eigenvalue weighted by Crippen LogP contribution is -2.46. The number of likely N-dealkylation sites (tertiary alicyclic amines) is 1. The minimum absolute atomic E-state index is 0.0777. The van der Waals surface area contributed by atoms with Crippen molar-refractivity contribution in [3.05, 3.63) is 40.4 Å². The van der Waals surface area contributed by atoms with Crippen molar-refractivity contribution >= 4 is 22.8 Å². The molecule has 2 aromatic heterocycles. The monoisotopic (exact) mass is 412 g/mol. The van der Waals surface area contributed by atoms with E-state index >= 15 is 0 Å². The summed E-state index contributed by atoms with van der Waals surface area (Å²) in [6, 6.07) is 7.64. The molecule has 9 nitrogen and oxygen atoms in total. The second-order valence-corrected chi connectivity index (χ2v) is 8.83. The highest BCUT2D eigenvalue weighted by Gasteiger charge is 2.25. The van der Waals surface area contributed by atoms with Gasteiger partial charge in [0.1, 0.15) is 5.60 Å². The Morgan fingerprint density at radius 2 is 1.90 bits per heavy atom. The molecule has 0 radical (unpaired) electrons. The Kier molecular flexibility index (Phi) is 5.23. The maximum atomic E-state index is 12.6. The van der Waals surface area contributed by atoms with Crippen LogP contribution in [0.1, 0.15) is 39.4 Å². The zero-order chi connectivity index (χ0) is 21.5. The van der Waals surface area contributed by atoms with Gasteiger partial charge in [0.2, 0.25) is 5.78 Å². The first-order chi connectivity index (χ1) is 14.2. The van der Waals surface area contributed by atoms with E-state index in [1.807, 2.05) is 49.4 Å². The highest BCUT2D eigenvalue weighted by Crippen LogP contribution is 2.18. The van der Waals surface area contributed by atoms with Gasteiger partial charge in [0.15, 0.2) is 5.82 Å². The van der Waals surface area contributed by atoms with E-state index in [1.54, 1.807) is 7.05 Å². The van der Waals surface area contributed by atoms with Gasteiger partial charge in [-0.05, 0) is 45.7 Å². The fraction of sp³-hybridized carbons (Fsp3) is 0.524. The molecule has 3 heterocycles. The second kappa shape index (κ2) is 7.71. The second-order valence-electron chi connectivity index (χ2n) is 8.83. The number of aromatic nitrogens is 4. The Morgan fingerprint density at radius 1 is 1.20 bits per heavy atom. The number of ether oxygens (including phenoxy) is 1. The maximum Gasteiger partial charge on any atom is 0.407 e. The summed E-state index contributed by atoms with van der Waals surface area (Å²) in [4.78, 5) is 26.9. The molecule has 0 bridgehead atoms. The number of hydrogen-bond donors (Lipinski definition) is 1. The Balaban J connectivity index is 1.48. The molecule has 9 heteroatoms. The van der Waals surface area contributed by atoms with Crippen LogP contribution in [0.5, 0.6) is 0 Å². The molecule has 0 atom stereocenters. The van der Waals surface area contributed by atoms with Crippen molar-refractivity contribution in [3.8, 4) is 0 Å². The number of nitrogens with one attached hydrogen (secondary N) is 1. The van der Waals surface area contributed by atoms with Crippen LogP contribution in [-0.4, -0.2) is 54.9 Å². The standard InChI is InChI=1S/C21H28N6O3/c1-21(2,3)30-20(29)22-14-9-11-26(12-10-14)13-17-23-24-19-25(4)18(28)15-7-5-6-8-16(15)27(17)19/h5-8,14H,9-13H2,1-4H3,(H,22,29). The third-order valence-corrected chi connectivity index (χ3v) is 5.37. The molecule has 1 amide bonds. The summed E-state index contributed by atoms with van der Waals surface area (Å²) in [6.45, 7) is 7.87. The summed E-state index contributed by atoms with van der Waals surface area (Å²) < 4.78 is 8.85. The first kappa shape index (κ1) is 20.3. The van der Waals surface area contributed by atoms with Crippen LogP contribution in [0.25, 0.3) is 16.7 Å². The average molecular weight is 412 g/mol. The normalized spacial score (nSPS) is 16.3. The van der Waals surface area contributed by atoms with E-state index in [4.69, 9.17) is 4.74 Å². The third kappa shape index (κ3) is 4.02. The largest absolute Gasteiger partial charge is 0.444 e. The van der Waals surface area contributed by atoms with Gasteiger partial charge in [0.25, 0.3) is 5.56 Å². The molecule has 30 heavy (non-hydrogen) atoms. The number of carbonyl (C=O) groups excluding carboxylic acids is 1. The van der Waals surface area contributed by atoms with Crippen molar-refractivity contribution in [3.63, 3.8) is 0 Å². The van der Waals surface area contributed by atoms with E-state index in [1.165, 1.54) is 4.57 Å². The molecule has 0 aliphatic carbocycles. The number of carbonyl (C=O) groups is 1. The molecule has 1 aliphatic rings. The van der Waals surface area contributed by atoms with Crippen LogP contribution in [0.4, 0.5) is 4.79 Å². The number of piperidine rings is 1. The summed E-state index contributed by atoms with van der Waals surface area (Å²) in [5.41, 5.74) is 0.241. The van der Waals surface area contributed by atoms with Gasteiger partial charge in [0.05, 0.1) is 17.4 Å². The van der Waals surface area contributed by atoms with E-state index < -0.39 is 5.60 Å². The van der Waals surface area contributed by atoms with Crippen LogP contribution in [0.2, 0.25) is 0 Å². The minimum atomic E-state index is -0.498. The maximum absolute atomic E-state index is 12.6. The number of rotatable bonds is 3. The van der Waals surface area contributed by atoms with Gasteiger partial charge >= 0.3 is 6.09 Å². The Labute approximate surface area is 174 Å². The van der Waals surface area contributed by atoms with Gasteiger partial charge in [-0.25, -0.2) is 4.79 Å². The highest BCUT2D eigenvalue weighted by molar-refractivity contribution is 5.80. The number of hydrogen-bond acceptors (Lipinski definition) is 6. The summed E-state index contributed by atoms with van der Waals surface area (Å²) in [7, 11) is 1.72. The van der Waals surface area contributed by atoms with Crippen LogP contribution in [0.3, 0.4) is 0 Å². The minimum Gasteiger partial charge on any atom is -0.444 e. The Morgan fingerprint density at radius 3 is 2.60 bits per heavy atom. The molecular weight excluding hydrogens is 384 g/mol. The van der Waals surface area contributed by atoms with Crippen molar-refractivity contribution < 1.29 is 9.53 Å². The first-order valence-electron chi connectivity index (χ1n) is 10.3. The molecule has 0 spiro atoms. The SMILES string of the molecule is Cn1c(=O)c2ccccc2n2c(CN3CCC(NC(=O)OC(C)(C)C)CC3)nnc12. The van der Waals surface area contributed by atoms with Crippen molar-refractivity contribution in [1.29, 1.82) is 0 Å². The smallest absolute Gasteiger partial charge is 0.407 e. The molecule has 4 rings (SSSR count). The summed E-state index contributed by atoms with van der Waals surface area (Å²) in [5, 5.41) is 12.2. The Bertz CT molecular complexity index is 1140. The van der Waals surface area contributed by atoms with E-state index in [9.17, 15) is 9.59 Å². The fourth-order valence-corrected chi connectivity index (χ4v) is 3.90. The molecule has 0 saturated carbocycles. The molecule has 1 aliphatic heterocycles. The van der Waals surface area contributed by atoms with Crippen molar-refractivity contribution in [2.24, 2.45) is 7.05 Å². The van der Waals surface area contributed by atoms with Crippen LogP contribution in [0.15, 0.2) is 29.1 Å². The predicted molar refractivity (Wildman–Crippen MR) is 113 cm³/mol. The third-order valence-electron chi connectivity index (χ3n) is 5.37. The Hall–Kier alpha value is -2.94. The first-order valence-corrected chi connectivity index (χ1v) is 10.3. The number of benzene rings is 1. The molecule has 1 N–H and O–H groups in total. The number of nitrogens with zero attached hydrogens (tertiary/aromatic N) is 5. The topological polar surface area (TPSA) is 93.8 Å². The molecule has 3 aromatic rings. The van der Waals surface area contributed by atoms with Gasteiger partial charge < -0.3 is 10.1 Å². The molecule has 160 valence electrons. The van der Waals surface area contributed by atoms with E-state index in [-0.39, 0.29) is 17.7 Å². The predicted octanol–water partition coefficient (Wildman–Crippen LogP) is 2.07. The van der Waals surface area contributed by atoms with Crippen LogP contribution in [-0.2, 0) is 18.3 Å². The highest BCUT2D eigenvalue weighted by atomic mass is 16.6. The molecule has 1 saturated heterocycles. The lowest BCUT2D eigenvalue weighted by Gasteiger charge is -2.32. The average Bonchev–Trinajstić information content (AvgIpc) is 3.10. The van der Waals surface area contributed by atoms with Gasteiger partial charge in [-0.1, -0.05) is 12.1 Å². The van der Waals surface area contributed by atoms with Crippen LogP contribution in [0, 0.1) is 0 Å². The fourth-order valence-electron chi connectivity index (χ4n) is 3.90. The molecule has 1 aromatic carbocycles.